The second-order valence-electron chi connectivity index (χ2n) is 7.04. The first kappa shape index (κ1) is 13.5. The van der Waals surface area contributed by atoms with Crippen LogP contribution in [0.1, 0.15) is 53.4 Å². The van der Waals surface area contributed by atoms with Crippen LogP contribution >= 0.6 is 0 Å². The Bertz CT molecular complexity index is 562. The Morgan fingerprint density at radius 2 is 2.00 bits per heavy atom. The Kier molecular flexibility index (Phi) is 2.73. The lowest BCUT2D eigenvalue weighted by molar-refractivity contribution is 0.0650. The van der Waals surface area contributed by atoms with Gasteiger partial charge in [0.2, 0.25) is 0 Å². The summed E-state index contributed by atoms with van der Waals surface area (Å²) in [6.07, 6.45) is 6.98. The predicted molar refractivity (Wildman–Crippen MR) is 84.7 cm³/mol. The summed E-state index contributed by atoms with van der Waals surface area (Å²) < 4.78 is 0. The zero-order chi connectivity index (χ0) is 14.7. The third-order valence-electron chi connectivity index (χ3n) is 5.51. The summed E-state index contributed by atoms with van der Waals surface area (Å²) in [5, 5.41) is 3.76. The van der Waals surface area contributed by atoms with Gasteiger partial charge in [0.15, 0.2) is 0 Å². The molecule has 1 aliphatic carbocycles. The topological polar surface area (TPSA) is 15.3 Å². The zero-order valence-electron chi connectivity index (χ0n) is 13.3. The van der Waals surface area contributed by atoms with Crippen LogP contribution in [0, 0.1) is 5.41 Å². The van der Waals surface area contributed by atoms with Gasteiger partial charge in [0, 0.05) is 11.1 Å². The highest BCUT2D eigenvalue weighted by atomic mass is 15.4. The van der Waals surface area contributed by atoms with Crippen molar-refractivity contribution in [3.63, 3.8) is 0 Å². The van der Waals surface area contributed by atoms with Gasteiger partial charge in [0.05, 0.1) is 11.4 Å². The average molecular weight is 270 g/mol. The third kappa shape index (κ3) is 1.45. The van der Waals surface area contributed by atoms with E-state index in [1.807, 2.05) is 0 Å². The van der Waals surface area contributed by atoms with Crippen molar-refractivity contribution in [2.75, 3.05) is 0 Å². The lowest BCUT2D eigenvalue weighted by Gasteiger charge is -2.48. The summed E-state index contributed by atoms with van der Waals surface area (Å²) in [6, 6.07) is 0. The molecule has 3 rings (SSSR count). The summed E-state index contributed by atoms with van der Waals surface area (Å²) >= 11 is 0. The maximum atomic E-state index is 4.37. The van der Waals surface area contributed by atoms with Gasteiger partial charge in [-0.15, -0.1) is 0 Å². The lowest BCUT2D eigenvalue weighted by Crippen LogP contribution is -2.57. The number of fused-ring (bicyclic) bond motifs is 2. The van der Waals surface area contributed by atoms with Crippen LogP contribution in [0.4, 0.5) is 0 Å². The van der Waals surface area contributed by atoms with Crippen molar-refractivity contribution in [3.8, 4) is 0 Å². The van der Waals surface area contributed by atoms with Gasteiger partial charge in [-0.25, -0.2) is 0 Å². The van der Waals surface area contributed by atoms with Crippen molar-refractivity contribution in [1.82, 2.24) is 10.2 Å². The molecular weight excluding hydrogens is 244 g/mol. The standard InChI is InChI=1S/C18H26N2/c1-7-15-11-12(2)14(4)20-16(15)13(3)19-18(20)10-8-9-17(18,5)6/h11,19H,3-4,7-10H2,1-2,5-6H3. The molecule has 0 amide bonds. The largest absolute Gasteiger partial charge is 0.361 e. The first-order chi connectivity index (χ1) is 9.34. The molecular formula is C18H26N2. The van der Waals surface area contributed by atoms with Crippen LogP contribution in [0.15, 0.2) is 47.5 Å². The van der Waals surface area contributed by atoms with E-state index in [-0.39, 0.29) is 11.1 Å². The molecule has 2 heteroatoms. The molecule has 1 unspecified atom stereocenters. The number of hydrogen-bond donors (Lipinski definition) is 1. The van der Waals surface area contributed by atoms with Crippen LogP contribution in [0.25, 0.3) is 0 Å². The summed E-state index contributed by atoms with van der Waals surface area (Å²) in [6.45, 7) is 17.8. The van der Waals surface area contributed by atoms with Crippen molar-refractivity contribution in [2.24, 2.45) is 5.41 Å². The molecule has 2 heterocycles. The van der Waals surface area contributed by atoms with Gasteiger partial charge in [0.25, 0.3) is 0 Å². The highest BCUT2D eigenvalue weighted by molar-refractivity contribution is 5.54. The van der Waals surface area contributed by atoms with E-state index in [1.54, 1.807) is 0 Å². The van der Waals surface area contributed by atoms with E-state index in [9.17, 15) is 0 Å². The van der Waals surface area contributed by atoms with E-state index in [0.717, 1.165) is 24.2 Å². The van der Waals surface area contributed by atoms with Crippen LogP contribution in [0.2, 0.25) is 0 Å². The number of allylic oxidation sites excluding steroid dienone is 3. The summed E-state index contributed by atoms with van der Waals surface area (Å²) in [5.74, 6) is 0. The molecule has 2 fully saturated rings. The lowest BCUT2D eigenvalue weighted by atomic mass is 9.80. The highest BCUT2D eigenvalue weighted by Crippen LogP contribution is 2.56. The summed E-state index contributed by atoms with van der Waals surface area (Å²) in [7, 11) is 0. The van der Waals surface area contributed by atoms with Crippen molar-refractivity contribution < 1.29 is 0 Å². The minimum absolute atomic E-state index is 0.0353. The minimum atomic E-state index is -0.0353. The maximum Gasteiger partial charge on any atom is 0.120 e. The van der Waals surface area contributed by atoms with E-state index in [2.05, 4.69) is 57.1 Å². The van der Waals surface area contributed by atoms with Crippen LogP contribution in [0.5, 0.6) is 0 Å². The fraction of sp³-hybridized carbons (Fsp3) is 0.556. The van der Waals surface area contributed by atoms with Crippen LogP contribution in [-0.2, 0) is 0 Å². The molecule has 20 heavy (non-hydrogen) atoms. The Labute approximate surface area is 122 Å². The van der Waals surface area contributed by atoms with Gasteiger partial charge in [0.1, 0.15) is 5.66 Å². The van der Waals surface area contributed by atoms with E-state index < -0.39 is 0 Å². The van der Waals surface area contributed by atoms with Crippen molar-refractivity contribution in [2.45, 2.75) is 59.0 Å². The molecule has 2 nitrogen and oxygen atoms in total. The van der Waals surface area contributed by atoms with Crippen molar-refractivity contribution >= 4 is 0 Å². The third-order valence-corrected chi connectivity index (χ3v) is 5.51. The van der Waals surface area contributed by atoms with E-state index in [4.69, 9.17) is 0 Å². The van der Waals surface area contributed by atoms with E-state index in [1.165, 1.54) is 29.7 Å². The Hall–Kier alpha value is -1.44. The molecule has 0 radical (unpaired) electrons. The highest BCUT2D eigenvalue weighted by Gasteiger charge is 2.58. The minimum Gasteiger partial charge on any atom is -0.361 e. The molecule has 2 aliphatic heterocycles. The fourth-order valence-electron chi connectivity index (χ4n) is 4.23. The van der Waals surface area contributed by atoms with Gasteiger partial charge < -0.3 is 10.2 Å². The van der Waals surface area contributed by atoms with E-state index >= 15 is 0 Å². The number of nitrogens with one attached hydrogen (secondary N) is 1. The molecule has 3 aliphatic rings. The summed E-state index contributed by atoms with van der Waals surface area (Å²) in [5.41, 5.74) is 6.33. The van der Waals surface area contributed by atoms with Gasteiger partial charge in [-0.1, -0.05) is 40.0 Å². The zero-order valence-corrected chi connectivity index (χ0v) is 13.3. The monoisotopic (exact) mass is 270 g/mol. The van der Waals surface area contributed by atoms with Gasteiger partial charge in [-0.2, -0.15) is 0 Å². The van der Waals surface area contributed by atoms with Gasteiger partial charge >= 0.3 is 0 Å². The van der Waals surface area contributed by atoms with Gasteiger partial charge in [-0.3, -0.25) is 0 Å². The number of rotatable bonds is 1. The molecule has 1 saturated heterocycles. The normalized spacial score (nSPS) is 31.8. The molecule has 1 saturated carbocycles. The Balaban J connectivity index is 2.22. The molecule has 1 N–H and O–H groups in total. The second-order valence-corrected chi connectivity index (χ2v) is 7.04. The first-order valence-corrected chi connectivity index (χ1v) is 7.72. The molecule has 1 atom stereocenters. The molecule has 108 valence electrons. The quantitative estimate of drug-likeness (QED) is 0.757. The molecule has 0 aromatic rings. The van der Waals surface area contributed by atoms with Crippen LogP contribution < -0.4 is 5.32 Å². The molecule has 0 aromatic heterocycles. The number of nitrogens with zero attached hydrogens (tertiary/aromatic N) is 1. The maximum absolute atomic E-state index is 4.37. The Morgan fingerprint density at radius 1 is 1.30 bits per heavy atom. The Morgan fingerprint density at radius 3 is 2.55 bits per heavy atom. The first-order valence-electron chi connectivity index (χ1n) is 7.72. The van der Waals surface area contributed by atoms with Crippen molar-refractivity contribution in [3.05, 3.63) is 47.5 Å². The predicted octanol–water partition coefficient (Wildman–Crippen LogP) is 4.45. The van der Waals surface area contributed by atoms with Crippen LogP contribution in [-0.4, -0.2) is 10.6 Å². The van der Waals surface area contributed by atoms with Gasteiger partial charge in [-0.05, 0) is 43.8 Å². The van der Waals surface area contributed by atoms with E-state index in [0.29, 0.717) is 0 Å². The average Bonchev–Trinajstić information content (AvgIpc) is 2.84. The molecule has 1 spiro atoms. The molecule has 0 aromatic carbocycles. The SMILES string of the molecule is C=C1NC2(CCCC2(C)C)N2C(=C)C(C)=CC(CC)=C12. The van der Waals surface area contributed by atoms with Crippen molar-refractivity contribution in [1.29, 1.82) is 0 Å². The second kappa shape index (κ2) is 4.03. The smallest absolute Gasteiger partial charge is 0.120 e. The fourth-order valence-corrected chi connectivity index (χ4v) is 4.23. The number of hydrogen-bond acceptors (Lipinski definition) is 2. The molecule has 0 bridgehead atoms. The van der Waals surface area contributed by atoms with Crippen LogP contribution in [0.3, 0.4) is 0 Å². The summed E-state index contributed by atoms with van der Waals surface area (Å²) in [4.78, 5) is 2.47.